The van der Waals surface area contributed by atoms with Crippen molar-refractivity contribution in [2.45, 2.75) is 25.8 Å². The second kappa shape index (κ2) is 8.68. The molecule has 0 spiro atoms. The molecule has 1 amide bonds. The largest absolute Gasteiger partial charge is 0.508 e. The molecule has 1 aliphatic heterocycles. The molecule has 4 N–H and O–H groups in total. The third-order valence-corrected chi connectivity index (χ3v) is 4.47. The minimum Gasteiger partial charge on any atom is -0.508 e. The van der Waals surface area contributed by atoms with E-state index in [0.717, 1.165) is 30.8 Å². The lowest BCUT2D eigenvalue weighted by molar-refractivity contribution is -0.118. The number of hydrogen-bond donors (Lipinski definition) is 3. The van der Waals surface area contributed by atoms with Crippen LogP contribution in [0.2, 0.25) is 0 Å². The number of carbonyl (C=O) groups excluding carboxylic acids is 1. The molecule has 1 aromatic carbocycles. The number of aryl methyl sites for hydroxylation is 1. The highest BCUT2D eigenvalue weighted by molar-refractivity contribution is 5.83. The predicted octanol–water partition coefficient (Wildman–Crippen LogP) is 1.09. The van der Waals surface area contributed by atoms with Crippen molar-refractivity contribution >= 4 is 17.7 Å². The lowest BCUT2D eigenvalue weighted by Gasteiger charge is -2.27. The minimum absolute atomic E-state index is 0.181. The van der Waals surface area contributed by atoms with Crippen LogP contribution in [0.3, 0.4) is 0 Å². The van der Waals surface area contributed by atoms with Gasteiger partial charge in [-0.25, -0.2) is 4.98 Å². The number of nitrogens with one attached hydrogen (secondary N) is 1. The van der Waals surface area contributed by atoms with Crippen LogP contribution in [0, 0.1) is 0 Å². The van der Waals surface area contributed by atoms with Crippen molar-refractivity contribution in [3.8, 4) is 5.75 Å². The van der Waals surface area contributed by atoms with Gasteiger partial charge in [0.25, 0.3) is 0 Å². The van der Waals surface area contributed by atoms with Gasteiger partial charge in [-0.1, -0.05) is 19.1 Å². The van der Waals surface area contributed by atoms with Crippen molar-refractivity contribution in [1.29, 1.82) is 0 Å². The van der Waals surface area contributed by atoms with Crippen LogP contribution in [0.15, 0.2) is 30.3 Å². The Morgan fingerprint density at radius 3 is 2.63 bits per heavy atom. The normalized spacial score (nSPS) is 15.4. The summed E-state index contributed by atoms with van der Waals surface area (Å²) in [6.07, 6.45) is 1.15. The summed E-state index contributed by atoms with van der Waals surface area (Å²) in [6, 6.07) is 7.93. The quantitative estimate of drug-likeness (QED) is 0.667. The molecule has 2 heterocycles. The van der Waals surface area contributed by atoms with Gasteiger partial charge in [-0.2, -0.15) is 4.98 Å². The Hall–Kier alpha value is -2.87. The van der Waals surface area contributed by atoms with Gasteiger partial charge in [-0.05, 0) is 24.1 Å². The highest BCUT2D eigenvalue weighted by Crippen LogP contribution is 2.18. The second-order valence-corrected chi connectivity index (χ2v) is 6.47. The molecule has 0 saturated carbocycles. The van der Waals surface area contributed by atoms with Gasteiger partial charge >= 0.3 is 0 Å². The van der Waals surface area contributed by atoms with E-state index in [1.807, 2.05) is 13.0 Å². The van der Waals surface area contributed by atoms with Crippen LogP contribution in [0.1, 0.15) is 18.2 Å². The van der Waals surface area contributed by atoms with E-state index in [4.69, 9.17) is 10.5 Å². The number of nitrogens with zero attached hydrogens (tertiary/aromatic N) is 3. The van der Waals surface area contributed by atoms with Crippen LogP contribution in [-0.4, -0.2) is 53.3 Å². The summed E-state index contributed by atoms with van der Waals surface area (Å²) < 4.78 is 5.39. The fourth-order valence-corrected chi connectivity index (χ4v) is 2.91. The van der Waals surface area contributed by atoms with E-state index in [9.17, 15) is 9.90 Å². The van der Waals surface area contributed by atoms with E-state index >= 15 is 0 Å². The highest BCUT2D eigenvalue weighted by atomic mass is 16.5. The molecule has 27 heavy (non-hydrogen) atoms. The summed E-state index contributed by atoms with van der Waals surface area (Å²) in [7, 11) is 0. The van der Waals surface area contributed by atoms with E-state index in [-0.39, 0.29) is 5.75 Å². The Balaban J connectivity index is 1.80. The van der Waals surface area contributed by atoms with Crippen molar-refractivity contribution in [3.63, 3.8) is 0 Å². The number of phenolic OH excluding ortho intramolecular Hbond substituents is 1. The number of ether oxygens (including phenoxy) is 1. The number of carbonyl (C=O) groups is 1. The van der Waals surface area contributed by atoms with Crippen molar-refractivity contribution < 1.29 is 14.6 Å². The van der Waals surface area contributed by atoms with Crippen molar-refractivity contribution in [1.82, 2.24) is 9.97 Å². The van der Waals surface area contributed by atoms with E-state index in [0.29, 0.717) is 31.4 Å². The van der Waals surface area contributed by atoms with E-state index in [2.05, 4.69) is 20.2 Å². The maximum Gasteiger partial charge on any atom is 0.240 e. The molecule has 0 radical (unpaired) electrons. The zero-order valence-corrected chi connectivity index (χ0v) is 15.4. The van der Waals surface area contributed by atoms with E-state index in [1.165, 1.54) is 0 Å². The Bertz CT molecular complexity index is 775. The molecule has 1 saturated heterocycles. The summed E-state index contributed by atoms with van der Waals surface area (Å²) >= 11 is 0. The van der Waals surface area contributed by atoms with Crippen molar-refractivity contribution in [3.05, 3.63) is 41.6 Å². The molecule has 1 fully saturated rings. The number of aromatic hydroxyl groups is 1. The first-order chi connectivity index (χ1) is 13.0. The second-order valence-electron chi connectivity index (χ2n) is 6.47. The standard InChI is InChI=1S/C19H25N5O3/c1-2-14-12-17(23-19(21-14)24-7-9-27-10-8-24)22-16(18(20)26)11-13-3-5-15(25)6-4-13/h3-6,12,16,25H,2,7-11H2,1H3,(H2,20,26)(H,21,22,23)/t16-/m0/s1. The first-order valence-corrected chi connectivity index (χ1v) is 9.09. The summed E-state index contributed by atoms with van der Waals surface area (Å²) in [5.74, 6) is 0.924. The number of primary amides is 1. The van der Waals surface area contributed by atoms with Crippen LogP contribution in [0.25, 0.3) is 0 Å². The maximum absolute atomic E-state index is 12.0. The third kappa shape index (κ3) is 5.07. The molecule has 3 rings (SSSR count). The predicted molar refractivity (Wildman–Crippen MR) is 103 cm³/mol. The summed E-state index contributed by atoms with van der Waals surface area (Å²) in [6.45, 7) is 4.79. The minimum atomic E-state index is -0.619. The number of hydrogen-bond acceptors (Lipinski definition) is 7. The van der Waals surface area contributed by atoms with E-state index in [1.54, 1.807) is 24.3 Å². The van der Waals surface area contributed by atoms with Gasteiger partial charge in [0.1, 0.15) is 17.6 Å². The van der Waals surface area contributed by atoms with Gasteiger partial charge in [-0.15, -0.1) is 0 Å². The van der Waals surface area contributed by atoms with Crippen molar-refractivity contribution in [2.75, 3.05) is 36.5 Å². The Kier molecular flexibility index (Phi) is 6.08. The Morgan fingerprint density at radius 1 is 1.30 bits per heavy atom. The third-order valence-electron chi connectivity index (χ3n) is 4.47. The molecule has 0 bridgehead atoms. The average Bonchev–Trinajstić information content (AvgIpc) is 2.69. The number of amides is 1. The number of phenols is 1. The molecule has 0 aliphatic carbocycles. The molecule has 0 unspecified atom stereocenters. The molecule has 1 aliphatic rings. The van der Waals surface area contributed by atoms with Gasteiger partial charge in [-0.3, -0.25) is 4.79 Å². The fourth-order valence-electron chi connectivity index (χ4n) is 2.91. The monoisotopic (exact) mass is 371 g/mol. The summed E-state index contributed by atoms with van der Waals surface area (Å²) in [5.41, 5.74) is 7.37. The number of rotatable bonds is 7. The summed E-state index contributed by atoms with van der Waals surface area (Å²) in [4.78, 5) is 23.2. The first kappa shape index (κ1) is 18.9. The zero-order valence-electron chi connectivity index (χ0n) is 15.4. The highest BCUT2D eigenvalue weighted by Gasteiger charge is 2.19. The molecule has 144 valence electrons. The van der Waals surface area contributed by atoms with Crippen LogP contribution in [-0.2, 0) is 22.4 Å². The smallest absolute Gasteiger partial charge is 0.240 e. The first-order valence-electron chi connectivity index (χ1n) is 9.09. The number of benzene rings is 1. The van der Waals surface area contributed by atoms with Gasteiger partial charge < -0.3 is 25.8 Å². The Morgan fingerprint density at radius 2 is 2.00 bits per heavy atom. The maximum atomic E-state index is 12.0. The number of anilines is 2. The number of nitrogens with two attached hydrogens (primary N) is 1. The van der Waals surface area contributed by atoms with Gasteiger partial charge in [0.15, 0.2) is 0 Å². The van der Waals surface area contributed by atoms with Crippen LogP contribution in [0.5, 0.6) is 5.75 Å². The molecule has 8 heteroatoms. The van der Waals surface area contributed by atoms with Crippen LogP contribution >= 0.6 is 0 Å². The molecule has 8 nitrogen and oxygen atoms in total. The lowest BCUT2D eigenvalue weighted by atomic mass is 10.1. The summed E-state index contributed by atoms with van der Waals surface area (Å²) in [5, 5.41) is 12.6. The van der Waals surface area contributed by atoms with Crippen molar-refractivity contribution in [2.24, 2.45) is 5.73 Å². The van der Waals surface area contributed by atoms with Crippen LogP contribution in [0.4, 0.5) is 11.8 Å². The fraction of sp³-hybridized carbons (Fsp3) is 0.421. The number of aromatic nitrogens is 2. The Labute approximate surface area is 158 Å². The molecule has 2 aromatic rings. The lowest BCUT2D eigenvalue weighted by Crippen LogP contribution is -2.39. The van der Waals surface area contributed by atoms with E-state index < -0.39 is 11.9 Å². The average molecular weight is 371 g/mol. The SMILES string of the molecule is CCc1cc(N[C@@H](Cc2ccc(O)cc2)C(N)=O)nc(N2CCOCC2)n1. The number of morpholine rings is 1. The van der Waals surface area contributed by atoms with Crippen LogP contribution < -0.4 is 16.0 Å². The molecular formula is C19H25N5O3. The van der Waals surface area contributed by atoms with Gasteiger partial charge in [0, 0.05) is 31.3 Å². The topological polar surface area (TPSA) is 114 Å². The van der Waals surface area contributed by atoms with Gasteiger partial charge in [0.05, 0.1) is 13.2 Å². The van der Waals surface area contributed by atoms with Gasteiger partial charge in [0.2, 0.25) is 11.9 Å². The molecule has 1 atom stereocenters. The zero-order chi connectivity index (χ0) is 19.2. The molecule has 1 aromatic heterocycles. The molecular weight excluding hydrogens is 346 g/mol.